The first-order valence-electron chi connectivity index (χ1n) is 21.0. The van der Waals surface area contributed by atoms with Crippen LogP contribution < -0.4 is 4.74 Å². The Labute approximate surface area is 331 Å². The predicted octanol–water partition coefficient (Wildman–Crippen LogP) is 14.1. The van der Waals surface area contributed by atoms with E-state index in [0.29, 0.717) is 28.0 Å². The molecule has 4 rings (SSSR count). The second-order valence-electron chi connectivity index (χ2n) is 15.7. The maximum atomic E-state index is 13.2. The van der Waals surface area contributed by atoms with Crippen LogP contribution in [0.25, 0.3) is 11.1 Å². The largest absolute Gasteiger partial charge is 0.426 e. The lowest BCUT2D eigenvalue weighted by molar-refractivity contribution is -0.139. The summed E-state index contributed by atoms with van der Waals surface area (Å²) in [4.78, 5) is 27.3. The molecule has 5 heteroatoms. The molecule has 0 aliphatic heterocycles. The van der Waals surface area contributed by atoms with Gasteiger partial charge in [-0.25, -0.2) is 0 Å². The van der Waals surface area contributed by atoms with Crippen LogP contribution in [-0.2, 0) is 11.2 Å². The van der Waals surface area contributed by atoms with Gasteiger partial charge in [-0.05, 0) is 96.2 Å². The summed E-state index contributed by atoms with van der Waals surface area (Å²) in [7, 11) is 0. The lowest BCUT2D eigenvalue weighted by Crippen LogP contribution is -2.26. The van der Waals surface area contributed by atoms with Crippen molar-refractivity contribution in [2.45, 2.75) is 149 Å². The summed E-state index contributed by atoms with van der Waals surface area (Å²) in [5.74, 6) is 3.16. The molecule has 2 unspecified atom stereocenters. The number of unbranched alkanes of at least 4 members (excludes halogenated alkanes) is 9. The molecule has 1 aliphatic rings. The van der Waals surface area contributed by atoms with Gasteiger partial charge in [0.1, 0.15) is 5.75 Å². The Morgan fingerprint density at radius 3 is 1.79 bits per heavy atom. The molecule has 1 saturated carbocycles. The third-order valence-corrected chi connectivity index (χ3v) is 13.3. The van der Waals surface area contributed by atoms with Crippen molar-refractivity contribution < 1.29 is 14.3 Å². The molecule has 0 N–H and O–H groups in total. The van der Waals surface area contributed by atoms with Crippen molar-refractivity contribution in [3.05, 3.63) is 89.5 Å². The van der Waals surface area contributed by atoms with Crippen LogP contribution in [0.2, 0.25) is 0 Å². The first-order chi connectivity index (χ1) is 25.8. The minimum Gasteiger partial charge on any atom is -0.426 e. The van der Waals surface area contributed by atoms with Gasteiger partial charge in [0.2, 0.25) is 0 Å². The summed E-state index contributed by atoms with van der Waals surface area (Å²) in [5.41, 5.74) is 4.53. The number of ketones is 1. The molecule has 0 spiro atoms. The van der Waals surface area contributed by atoms with Gasteiger partial charge >= 0.3 is 5.97 Å². The van der Waals surface area contributed by atoms with E-state index in [1.165, 1.54) is 76.4 Å². The van der Waals surface area contributed by atoms with E-state index in [1.807, 2.05) is 72.8 Å². The van der Waals surface area contributed by atoms with Crippen molar-refractivity contribution in [3.63, 3.8) is 0 Å². The van der Waals surface area contributed by atoms with Crippen LogP contribution in [0.5, 0.6) is 5.75 Å². The monoisotopic (exact) mass is 754 g/mol. The normalized spacial score (nSPS) is 16.9. The minimum absolute atomic E-state index is 0.00384. The number of carbonyl (C=O) groups is 2. The van der Waals surface area contributed by atoms with Crippen LogP contribution >= 0.6 is 24.0 Å². The summed E-state index contributed by atoms with van der Waals surface area (Å²) in [6.45, 7) is 9.17. The van der Waals surface area contributed by atoms with Crippen LogP contribution in [0.1, 0.15) is 158 Å². The number of thiocarbonyl (C=S) groups is 1. The summed E-state index contributed by atoms with van der Waals surface area (Å²) < 4.78 is 5.82. The summed E-state index contributed by atoms with van der Waals surface area (Å²) in [6.07, 6.45) is 22.0. The SMILES string of the molecule is CCCCCCCCCCCCSC1CCC(C(=O)Oc2ccc(-c3ccc(C(=O)c4ccc(CC(=S)CCC(C)C(C)CC)cc4)cc3)cc2)CC1. The van der Waals surface area contributed by atoms with Gasteiger partial charge in [0, 0.05) is 22.8 Å². The fourth-order valence-electron chi connectivity index (χ4n) is 7.37. The van der Waals surface area contributed by atoms with Crippen LogP contribution in [-0.4, -0.2) is 27.6 Å². The first kappa shape index (κ1) is 43.0. The van der Waals surface area contributed by atoms with E-state index in [9.17, 15) is 9.59 Å². The second kappa shape index (κ2) is 23.9. The van der Waals surface area contributed by atoms with Crippen molar-refractivity contribution >= 4 is 40.6 Å². The maximum Gasteiger partial charge on any atom is 0.314 e. The van der Waals surface area contributed by atoms with Crippen molar-refractivity contribution in [2.75, 3.05) is 5.75 Å². The summed E-state index contributed by atoms with van der Waals surface area (Å²) in [6, 6.07) is 23.3. The first-order valence-corrected chi connectivity index (χ1v) is 22.4. The van der Waals surface area contributed by atoms with E-state index >= 15 is 0 Å². The van der Waals surface area contributed by atoms with E-state index in [1.54, 1.807) is 0 Å². The molecule has 288 valence electrons. The smallest absolute Gasteiger partial charge is 0.314 e. The van der Waals surface area contributed by atoms with E-state index in [0.717, 1.165) is 72.4 Å². The topological polar surface area (TPSA) is 43.4 Å². The Kier molecular flexibility index (Phi) is 19.4. The maximum absolute atomic E-state index is 13.2. The van der Waals surface area contributed by atoms with Gasteiger partial charge in [-0.2, -0.15) is 11.8 Å². The van der Waals surface area contributed by atoms with Crippen molar-refractivity contribution in [3.8, 4) is 16.9 Å². The van der Waals surface area contributed by atoms with Crippen LogP contribution in [0.4, 0.5) is 0 Å². The highest BCUT2D eigenvalue weighted by Crippen LogP contribution is 2.34. The zero-order valence-electron chi connectivity index (χ0n) is 33.2. The Bertz CT molecular complexity index is 1500. The van der Waals surface area contributed by atoms with Gasteiger partial charge in [0.05, 0.1) is 5.92 Å². The predicted molar refractivity (Wildman–Crippen MR) is 232 cm³/mol. The molecule has 3 aromatic carbocycles. The van der Waals surface area contributed by atoms with E-state index < -0.39 is 0 Å². The highest BCUT2D eigenvalue weighted by molar-refractivity contribution is 7.99. The number of ether oxygens (including phenoxy) is 1. The number of esters is 1. The summed E-state index contributed by atoms with van der Waals surface area (Å²) >= 11 is 7.81. The fourth-order valence-corrected chi connectivity index (χ4v) is 8.96. The third-order valence-electron chi connectivity index (χ3n) is 11.5. The number of carbonyl (C=O) groups excluding carboxylic acids is 2. The molecule has 1 fully saturated rings. The van der Waals surface area contributed by atoms with Crippen LogP contribution in [0, 0.1) is 17.8 Å². The van der Waals surface area contributed by atoms with Crippen LogP contribution in [0.3, 0.4) is 0 Å². The Hall–Kier alpha value is -2.76. The molecule has 1 aliphatic carbocycles. The van der Waals surface area contributed by atoms with Gasteiger partial charge in [-0.15, -0.1) is 0 Å². The molecule has 53 heavy (non-hydrogen) atoms. The number of thioether (sulfide) groups is 1. The van der Waals surface area contributed by atoms with Crippen molar-refractivity contribution in [1.82, 2.24) is 0 Å². The zero-order valence-corrected chi connectivity index (χ0v) is 34.8. The van der Waals surface area contributed by atoms with Gasteiger partial charge in [0.25, 0.3) is 0 Å². The lowest BCUT2D eigenvalue weighted by Gasteiger charge is -2.26. The highest BCUT2D eigenvalue weighted by atomic mass is 32.2. The molecule has 0 aromatic heterocycles. The van der Waals surface area contributed by atoms with Crippen molar-refractivity contribution in [2.24, 2.45) is 17.8 Å². The molecule has 2 atom stereocenters. The molecule has 0 saturated heterocycles. The van der Waals surface area contributed by atoms with Gasteiger partial charge in [0.15, 0.2) is 5.78 Å². The fraction of sp³-hybridized carbons (Fsp3) is 0.562. The standard InChI is InChI=1S/C48H66O3S2/c1-5-7-8-9-10-11-12-13-14-15-34-53-46-32-27-43(28-33-46)48(50)51-44-29-25-40(26-30-44)39-21-23-42(24-22-39)47(49)41-19-17-38(18-20-41)35-45(52)31-16-37(4)36(3)6-2/h17-26,29-30,36-37,43,46H,5-16,27-28,31-35H2,1-4H3. The number of benzene rings is 3. The van der Waals surface area contributed by atoms with Crippen LogP contribution in [0.15, 0.2) is 72.8 Å². The van der Waals surface area contributed by atoms with E-state index in [4.69, 9.17) is 17.0 Å². The molecule has 3 nitrogen and oxygen atoms in total. The number of rotatable bonds is 24. The molecular formula is C48H66O3S2. The lowest BCUT2D eigenvalue weighted by atomic mass is 9.88. The molecule has 3 aromatic rings. The summed E-state index contributed by atoms with van der Waals surface area (Å²) in [5, 5.41) is 0.687. The molecule has 0 amide bonds. The molecule has 0 radical (unpaired) electrons. The zero-order chi connectivity index (χ0) is 37.8. The minimum atomic E-state index is -0.0961. The Morgan fingerprint density at radius 1 is 0.698 bits per heavy atom. The number of hydrogen-bond donors (Lipinski definition) is 0. The Balaban J connectivity index is 1.14. The average Bonchev–Trinajstić information content (AvgIpc) is 3.19. The molecule has 0 heterocycles. The average molecular weight is 755 g/mol. The molecular weight excluding hydrogens is 689 g/mol. The van der Waals surface area contributed by atoms with Crippen molar-refractivity contribution in [1.29, 1.82) is 0 Å². The second-order valence-corrected chi connectivity index (χ2v) is 17.7. The van der Waals surface area contributed by atoms with E-state index in [-0.39, 0.29) is 17.7 Å². The molecule has 0 bridgehead atoms. The van der Waals surface area contributed by atoms with E-state index in [2.05, 4.69) is 39.5 Å². The van der Waals surface area contributed by atoms with Gasteiger partial charge in [-0.3, -0.25) is 9.59 Å². The van der Waals surface area contributed by atoms with Gasteiger partial charge in [-0.1, -0.05) is 165 Å². The van der Waals surface area contributed by atoms with Gasteiger partial charge < -0.3 is 4.74 Å². The third kappa shape index (κ3) is 15.1. The quantitative estimate of drug-likeness (QED) is 0.0299. The number of hydrogen-bond acceptors (Lipinski definition) is 5. The Morgan fingerprint density at radius 2 is 1.23 bits per heavy atom. The highest BCUT2D eigenvalue weighted by Gasteiger charge is 2.28.